The maximum absolute atomic E-state index is 3.44. The van der Waals surface area contributed by atoms with Crippen molar-refractivity contribution < 1.29 is 0 Å². The molecule has 0 bridgehead atoms. The highest BCUT2D eigenvalue weighted by Crippen LogP contribution is 2.39. The van der Waals surface area contributed by atoms with Crippen molar-refractivity contribution in [3.63, 3.8) is 0 Å². The third-order valence-electron chi connectivity index (χ3n) is 4.47. The highest BCUT2D eigenvalue weighted by molar-refractivity contribution is 4.92. The van der Waals surface area contributed by atoms with Crippen LogP contribution in [-0.2, 0) is 0 Å². The summed E-state index contributed by atoms with van der Waals surface area (Å²) < 4.78 is 0. The molecule has 94 valence electrons. The summed E-state index contributed by atoms with van der Waals surface area (Å²) >= 11 is 0. The van der Waals surface area contributed by atoms with Crippen molar-refractivity contribution in [1.82, 2.24) is 10.2 Å². The third-order valence-corrected chi connectivity index (χ3v) is 4.47. The van der Waals surface area contributed by atoms with Gasteiger partial charge in [-0.2, -0.15) is 0 Å². The molecule has 0 unspecified atom stereocenters. The SMILES string of the molecule is CCN(CC1(CNC)CCCCC1)C1CC1. The van der Waals surface area contributed by atoms with Gasteiger partial charge in [0, 0.05) is 19.1 Å². The first-order chi connectivity index (χ1) is 7.79. The quantitative estimate of drug-likeness (QED) is 0.746. The lowest BCUT2D eigenvalue weighted by Gasteiger charge is -2.41. The van der Waals surface area contributed by atoms with Crippen molar-refractivity contribution in [2.24, 2.45) is 5.41 Å². The van der Waals surface area contributed by atoms with Crippen molar-refractivity contribution in [3.8, 4) is 0 Å². The van der Waals surface area contributed by atoms with E-state index in [0.717, 1.165) is 6.04 Å². The van der Waals surface area contributed by atoms with E-state index in [-0.39, 0.29) is 0 Å². The maximum atomic E-state index is 3.44. The first-order valence-corrected chi connectivity index (χ1v) is 7.18. The molecule has 2 heteroatoms. The van der Waals surface area contributed by atoms with E-state index in [1.165, 1.54) is 64.6 Å². The van der Waals surface area contributed by atoms with E-state index in [1.54, 1.807) is 0 Å². The molecule has 0 aliphatic heterocycles. The number of hydrogen-bond acceptors (Lipinski definition) is 2. The molecular formula is C14H28N2. The summed E-state index contributed by atoms with van der Waals surface area (Å²) in [6.45, 7) is 6.13. The van der Waals surface area contributed by atoms with Gasteiger partial charge in [0.25, 0.3) is 0 Å². The molecule has 0 heterocycles. The van der Waals surface area contributed by atoms with Gasteiger partial charge in [-0.15, -0.1) is 0 Å². The average molecular weight is 224 g/mol. The Hall–Kier alpha value is -0.0800. The number of nitrogens with zero attached hydrogens (tertiary/aromatic N) is 1. The molecular weight excluding hydrogens is 196 g/mol. The van der Waals surface area contributed by atoms with E-state index < -0.39 is 0 Å². The van der Waals surface area contributed by atoms with Crippen LogP contribution in [0.3, 0.4) is 0 Å². The highest BCUT2D eigenvalue weighted by atomic mass is 15.2. The van der Waals surface area contributed by atoms with Crippen LogP contribution in [0.2, 0.25) is 0 Å². The topological polar surface area (TPSA) is 15.3 Å². The fourth-order valence-electron chi connectivity index (χ4n) is 3.44. The molecule has 0 spiro atoms. The predicted octanol–water partition coefficient (Wildman–Crippen LogP) is 2.64. The Bertz CT molecular complexity index is 199. The fraction of sp³-hybridized carbons (Fsp3) is 1.00. The van der Waals surface area contributed by atoms with Gasteiger partial charge in [0.2, 0.25) is 0 Å². The predicted molar refractivity (Wildman–Crippen MR) is 69.7 cm³/mol. The van der Waals surface area contributed by atoms with Crippen molar-refractivity contribution in [1.29, 1.82) is 0 Å². The molecule has 0 aromatic rings. The Labute approximate surface area is 101 Å². The van der Waals surface area contributed by atoms with Crippen LogP contribution in [0.5, 0.6) is 0 Å². The molecule has 0 amide bonds. The molecule has 1 N–H and O–H groups in total. The molecule has 2 saturated carbocycles. The van der Waals surface area contributed by atoms with Crippen molar-refractivity contribution in [2.75, 3.05) is 26.7 Å². The van der Waals surface area contributed by atoms with Crippen LogP contribution in [0.25, 0.3) is 0 Å². The summed E-state index contributed by atoms with van der Waals surface area (Å²) in [7, 11) is 2.11. The first-order valence-electron chi connectivity index (χ1n) is 7.18. The average Bonchev–Trinajstić information content (AvgIpc) is 3.12. The normalized spacial score (nSPS) is 24.9. The molecule has 2 nitrogen and oxygen atoms in total. The van der Waals surface area contributed by atoms with Gasteiger partial charge in [-0.1, -0.05) is 26.2 Å². The summed E-state index contributed by atoms with van der Waals surface area (Å²) in [5.41, 5.74) is 0.589. The molecule has 0 atom stereocenters. The maximum Gasteiger partial charge on any atom is 0.00965 e. The van der Waals surface area contributed by atoms with E-state index in [9.17, 15) is 0 Å². The molecule has 2 rings (SSSR count). The second kappa shape index (κ2) is 5.50. The van der Waals surface area contributed by atoms with Crippen molar-refractivity contribution in [2.45, 2.75) is 57.9 Å². The van der Waals surface area contributed by atoms with Gasteiger partial charge in [0.1, 0.15) is 0 Å². The van der Waals surface area contributed by atoms with Crippen LogP contribution in [0.4, 0.5) is 0 Å². The molecule has 0 aromatic heterocycles. The molecule has 2 aliphatic carbocycles. The monoisotopic (exact) mass is 224 g/mol. The van der Waals surface area contributed by atoms with Gasteiger partial charge in [0.05, 0.1) is 0 Å². The zero-order valence-electron chi connectivity index (χ0n) is 11.1. The second-order valence-corrected chi connectivity index (χ2v) is 5.89. The minimum atomic E-state index is 0.589. The van der Waals surface area contributed by atoms with Crippen LogP contribution in [0.1, 0.15) is 51.9 Å². The zero-order valence-corrected chi connectivity index (χ0v) is 11.1. The smallest absolute Gasteiger partial charge is 0.00965 e. The zero-order chi connectivity index (χ0) is 11.4. The Morgan fingerprint density at radius 2 is 1.88 bits per heavy atom. The van der Waals surface area contributed by atoms with Gasteiger partial charge < -0.3 is 10.2 Å². The highest BCUT2D eigenvalue weighted by Gasteiger charge is 2.37. The van der Waals surface area contributed by atoms with Crippen LogP contribution < -0.4 is 5.32 Å². The number of nitrogens with one attached hydrogen (secondary N) is 1. The molecule has 2 fully saturated rings. The minimum absolute atomic E-state index is 0.589. The van der Waals surface area contributed by atoms with Crippen LogP contribution >= 0.6 is 0 Å². The van der Waals surface area contributed by atoms with Crippen molar-refractivity contribution >= 4 is 0 Å². The summed E-state index contributed by atoms with van der Waals surface area (Å²) in [5.74, 6) is 0. The second-order valence-electron chi connectivity index (χ2n) is 5.89. The van der Waals surface area contributed by atoms with Crippen LogP contribution in [0, 0.1) is 5.41 Å². The summed E-state index contributed by atoms with van der Waals surface area (Å²) in [4.78, 5) is 2.74. The van der Waals surface area contributed by atoms with Crippen molar-refractivity contribution in [3.05, 3.63) is 0 Å². The van der Waals surface area contributed by atoms with Gasteiger partial charge in [0.15, 0.2) is 0 Å². The Morgan fingerprint density at radius 3 is 2.38 bits per heavy atom. The van der Waals surface area contributed by atoms with E-state index in [2.05, 4.69) is 24.2 Å². The Morgan fingerprint density at radius 1 is 1.19 bits per heavy atom. The van der Waals surface area contributed by atoms with Gasteiger partial charge in [-0.25, -0.2) is 0 Å². The first kappa shape index (κ1) is 12.4. The van der Waals surface area contributed by atoms with Crippen LogP contribution in [0.15, 0.2) is 0 Å². The lowest BCUT2D eigenvalue weighted by molar-refractivity contribution is 0.103. The summed E-state index contributed by atoms with van der Waals surface area (Å²) in [6.07, 6.45) is 10.1. The minimum Gasteiger partial charge on any atom is -0.319 e. The van der Waals surface area contributed by atoms with Gasteiger partial charge in [-0.05, 0) is 44.7 Å². The Kier molecular flexibility index (Phi) is 4.26. The summed E-state index contributed by atoms with van der Waals surface area (Å²) in [6, 6.07) is 0.931. The van der Waals surface area contributed by atoms with E-state index in [4.69, 9.17) is 0 Å². The lowest BCUT2D eigenvalue weighted by atomic mass is 9.73. The van der Waals surface area contributed by atoms with Gasteiger partial charge in [-0.3, -0.25) is 0 Å². The third kappa shape index (κ3) is 2.98. The molecule has 0 saturated heterocycles. The molecule has 16 heavy (non-hydrogen) atoms. The lowest BCUT2D eigenvalue weighted by Crippen LogP contribution is -2.45. The molecule has 0 aromatic carbocycles. The number of rotatable bonds is 6. The largest absolute Gasteiger partial charge is 0.319 e. The summed E-state index contributed by atoms with van der Waals surface area (Å²) in [5, 5.41) is 3.44. The van der Waals surface area contributed by atoms with E-state index in [1.807, 2.05) is 0 Å². The molecule has 0 radical (unpaired) electrons. The van der Waals surface area contributed by atoms with E-state index >= 15 is 0 Å². The van der Waals surface area contributed by atoms with Crippen LogP contribution in [-0.4, -0.2) is 37.6 Å². The van der Waals surface area contributed by atoms with Gasteiger partial charge >= 0.3 is 0 Å². The fourth-order valence-corrected chi connectivity index (χ4v) is 3.44. The molecule has 2 aliphatic rings. The number of hydrogen-bond donors (Lipinski definition) is 1. The Balaban J connectivity index is 1.94. The standard InChI is InChI=1S/C14H28N2/c1-3-16(13-7-8-13)12-14(11-15-2)9-5-4-6-10-14/h13,15H,3-12H2,1-2H3. The van der Waals surface area contributed by atoms with E-state index in [0.29, 0.717) is 5.41 Å².